The standard InChI is InChI=1S/C15H28N2O2/c1-4-8-16-12-15-14(7-10-19-15)13-18-11-9-17(5-2)6-3/h7,10,16H,4-6,8-9,11-13H2,1-3H3. The molecule has 0 saturated carbocycles. The molecule has 0 spiro atoms. The van der Waals surface area contributed by atoms with E-state index in [2.05, 4.69) is 31.0 Å². The highest BCUT2D eigenvalue weighted by Gasteiger charge is 2.06. The lowest BCUT2D eigenvalue weighted by Crippen LogP contribution is -2.27. The van der Waals surface area contributed by atoms with Gasteiger partial charge in [0.15, 0.2) is 0 Å². The zero-order valence-corrected chi connectivity index (χ0v) is 12.6. The van der Waals surface area contributed by atoms with Crippen LogP contribution in [0, 0.1) is 0 Å². The molecule has 1 aromatic rings. The van der Waals surface area contributed by atoms with Crippen LogP contribution in [0.15, 0.2) is 16.7 Å². The third-order valence-electron chi connectivity index (χ3n) is 3.25. The molecule has 0 aliphatic carbocycles. The van der Waals surface area contributed by atoms with Crippen LogP contribution in [0.2, 0.25) is 0 Å². The molecule has 0 fully saturated rings. The Morgan fingerprint density at radius 1 is 1.26 bits per heavy atom. The average molecular weight is 268 g/mol. The molecule has 1 rings (SSSR count). The second-order valence-corrected chi connectivity index (χ2v) is 4.63. The van der Waals surface area contributed by atoms with Crippen LogP contribution >= 0.6 is 0 Å². The average Bonchev–Trinajstić information content (AvgIpc) is 2.87. The zero-order valence-electron chi connectivity index (χ0n) is 12.6. The smallest absolute Gasteiger partial charge is 0.123 e. The van der Waals surface area contributed by atoms with E-state index in [1.807, 2.05) is 6.07 Å². The zero-order chi connectivity index (χ0) is 13.9. The van der Waals surface area contributed by atoms with Gasteiger partial charge < -0.3 is 19.4 Å². The summed E-state index contributed by atoms with van der Waals surface area (Å²) < 4.78 is 11.2. The lowest BCUT2D eigenvalue weighted by Gasteiger charge is -2.17. The van der Waals surface area contributed by atoms with Crippen molar-refractivity contribution in [1.82, 2.24) is 10.2 Å². The van der Waals surface area contributed by atoms with E-state index in [4.69, 9.17) is 9.15 Å². The first-order valence-corrected chi connectivity index (χ1v) is 7.37. The van der Waals surface area contributed by atoms with E-state index < -0.39 is 0 Å². The van der Waals surface area contributed by atoms with Crippen molar-refractivity contribution >= 4 is 0 Å². The molecule has 1 heterocycles. The summed E-state index contributed by atoms with van der Waals surface area (Å²) >= 11 is 0. The van der Waals surface area contributed by atoms with Gasteiger partial charge in [-0.05, 0) is 32.1 Å². The maximum atomic E-state index is 5.73. The minimum absolute atomic E-state index is 0.640. The highest BCUT2D eigenvalue weighted by molar-refractivity contribution is 5.15. The van der Waals surface area contributed by atoms with Crippen LogP contribution in [0.4, 0.5) is 0 Å². The topological polar surface area (TPSA) is 37.6 Å². The molecule has 110 valence electrons. The second kappa shape index (κ2) is 10.0. The lowest BCUT2D eigenvalue weighted by atomic mass is 10.2. The minimum atomic E-state index is 0.640. The largest absolute Gasteiger partial charge is 0.468 e. The van der Waals surface area contributed by atoms with Gasteiger partial charge in [0.2, 0.25) is 0 Å². The molecule has 4 heteroatoms. The molecule has 0 radical (unpaired) electrons. The van der Waals surface area contributed by atoms with Gasteiger partial charge in [-0.3, -0.25) is 0 Å². The van der Waals surface area contributed by atoms with Gasteiger partial charge in [-0.15, -0.1) is 0 Å². The monoisotopic (exact) mass is 268 g/mol. The minimum Gasteiger partial charge on any atom is -0.468 e. The quantitative estimate of drug-likeness (QED) is 0.626. The van der Waals surface area contributed by atoms with Crippen LogP contribution in [-0.4, -0.2) is 37.7 Å². The molecule has 0 aliphatic rings. The third-order valence-corrected chi connectivity index (χ3v) is 3.25. The molecule has 0 bridgehead atoms. The normalized spacial score (nSPS) is 11.4. The number of likely N-dealkylation sites (N-methyl/N-ethyl adjacent to an activating group) is 1. The number of ether oxygens (including phenoxy) is 1. The van der Waals surface area contributed by atoms with Gasteiger partial charge in [0.1, 0.15) is 5.76 Å². The van der Waals surface area contributed by atoms with Crippen molar-refractivity contribution in [3.8, 4) is 0 Å². The number of hydrogen-bond acceptors (Lipinski definition) is 4. The van der Waals surface area contributed by atoms with Gasteiger partial charge in [-0.1, -0.05) is 20.8 Å². The lowest BCUT2D eigenvalue weighted by molar-refractivity contribution is 0.0946. The Morgan fingerprint density at radius 2 is 2.05 bits per heavy atom. The second-order valence-electron chi connectivity index (χ2n) is 4.63. The van der Waals surface area contributed by atoms with E-state index in [0.717, 1.165) is 57.1 Å². The molecule has 0 aromatic carbocycles. The van der Waals surface area contributed by atoms with Gasteiger partial charge in [0, 0.05) is 12.1 Å². The van der Waals surface area contributed by atoms with Gasteiger partial charge >= 0.3 is 0 Å². The van der Waals surface area contributed by atoms with Gasteiger partial charge in [-0.2, -0.15) is 0 Å². The van der Waals surface area contributed by atoms with Crippen molar-refractivity contribution in [3.63, 3.8) is 0 Å². The highest BCUT2D eigenvalue weighted by Crippen LogP contribution is 2.11. The van der Waals surface area contributed by atoms with E-state index >= 15 is 0 Å². The predicted octanol–water partition coefficient (Wildman–Crippen LogP) is 2.64. The molecule has 0 aliphatic heterocycles. The summed E-state index contributed by atoms with van der Waals surface area (Å²) in [6.45, 7) is 12.9. The summed E-state index contributed by atoms with van der Waals surface area (Å²) in [5.41, 5.74) is 1.16. The Labute approximate surface area is 117 Å². The first-order valence-electron chi connectivity index (χ1n) is 7.37. The van der Waals surface area contributed by atoms with Crippen LogP contribution in [-0.2, 0) is 17.9 Å². The van der Waals surface area contributed by atoms with E-state index in [9.17, 15) is 0 Å². The molecular weight excluding hydrogens is 240 g/mol. The van der Waals surface area contributed by atoms with Crippen LogP contribution < -0.4 is 5.32 Å². The fourth-order valence-electron chi connectivity index (χ4n) is 1.95. The first kappa shape index (κ1) is 16.2. The molecule has 1 N–H and O–H groups in total. The number of nitrogens with one attached hydrogen (secondary N) is 1. The third kappa shape index (κ3) is 6.23. The Bertz CT molecular complexity index is 322. The van der Waals surface area contributed by atoms with Gasteiger partial charge in [0.05, 0.1) is 26.0 Å². The summed E-state index contributed by atoms with van der Waals surface area (Å²) in [5, 5.41) is 3.35. The van der Waals surface area contributed by atoms with Crippen LogP contribution in [0.3, 0.4) is 0 Å². The molecule has 0 saturated heterocycles. The Balaban J connectivity index is 2.23. The SMILES string of the molecule is CCCNCc1occc1COCCN(CC)CC. The summed E-state index contributed by atoms with van der Waals surface area (Å²) in [5.74, 6) is 0.997. The van der Waals surface area contributed by atoms with E-state index in [1.54, 1.807) is 6.26 Å². The summed E-state index contributed by atoms with van der Waals surface area (Å²) in [6.07, 6.45) is 2.88. The number of rotatable bonds is 11. The van der Waals surface area contributed by atoms with Gasteiger partial charge in [-0.25, -0.2) is 0 Å². The van der Waals surface area contributed by atoms with E-state index in [-0.39, 0.29) is 0 Å². The molecule has 19 heavy (non-hydrogen) atoms. The Morgan fingerprint density at radius 3 is 2.74 bits per heavy atom. The van der Waals surface area contributed by atoms with Crippen molar-refractivity contribution in [1.29, 1.82) is 0 Å². The number of furan rings is 1. The molecule has 0 amide bonds. The fourth-order valence-corrected chi connectivity index (χ4v) is 1.95. The van der Waals surface area contributed by atoms with Gasteiger partial charge in [0.25, 0.3) is 0 Å². The number of nitrogens with zero attached hydrogens (tertiary/aromatic N) is 1. The summed E-state index contributed by atoms with van der Waals surface area (Å²) in [7, 11) is 0. The van der Waals surface area contributed by atoms with Crippen molar-refractivity contribution in [2.75, 3.05) is 32.8 Å². The van der Waals surface area contributed by atoms with Crippen molar-refractivity contribution in [2.24, 2.45) is 0 Å². The van der Waals surface area contributed by atoms with Crippen LogP contribution in [0.25, 0.3) is 0 Å². The molecule has 1 aromatic heterocycles. The fraction of sp³-hybridized carbons (Fsp3) is 0.733. The molecule has 0 atom stereocenters. The van der Waals surface area contributed by atoms with Crippen molar-refractivity contribution in [2.45, 2.75) is 40.3 Å². The Hall–Kier alpha value is -0.840. The summed E-state index contributed by atoms with van der Waals surface area (Å²) in [4.78, 5) is 2.36. The van der Waals surface area contributed by atoms with Crippen LogP contribution in [0.1, 0.15) is 38.5 Å². The van der Waals surface area contributed by atoms with Crippen molar-refractivity contribution < 1.29 is 9.15 Å². The molecular formula is C15H28N2O2. The van der Waals surface area contributed by atoms with E-state index in [1.165, 1.54) is 0 Å². The van der Waals surface area contributed by atoms with Crippen molar-refractivity contribution in [3.05, 3.63) is 23.7 Å². The Kier molecular flexibility index (Phi) is 8.54. The highest BCUT2D eigenvalue weighted by atomic mass is 16.5. The van der Waals surface area contributed by atoms with Crippen LogP contribution in [0.5, 0.6) is 0 Å². The first-order chi connectivity index (χ1) is 9.31. The summed E-state index contributed by atoms with van der Waals surface area (Å²) in [6, 6.07) is 2.00. The molecule has 0 unspecified atom stereocenters. The van der Waals surface area contributed by atoms with E-state index in [0.29, 0.717) is 6.61 Å². The predicted molar refractivity (Wildman–Crippen MR) is 78.1 cm³/mol. The maximum Gasteiger partial charge on any atom is 0.123 e. The molecule has 4 nitrogen and oxygen atoms in total. The maximum absolute atomic E-state index is 5.73. The number of hydrogen-bond donors (Lipinski definition) is 1.